The SMILES string of the molecule is O=C(/C=C/c1cnc2ccccc2n1)N1CCN(c2ccc(O)cc2)CC1. The van der Waals surface area contributed by atoms with Crippen molar-refractivity contribution in [1.29, 1.82) is 0 Å². The van der Waals surface area contributed by atoms with E-state index in [1.54, 1.807) is 30.5 Å². The molecule has 6 nitrogen and oxygen atoms in total. The molecule has 3 aromatic rings. The lowest BCUT2D eigenvalue weighted by Gasteiger charge is -2.35. The van der Waals surface area contributed by atoms with Gasteiger partial charge in [-0.25, -0.2) is 4.98 Å². The van der Waals surface area contributed by atoms with Crippen LogP contribution in [-0.4, -0.2) is 52.1 Å². The van der Waals surface area contributed by atoms with Gasteiger partial charge in [0.15, 0.2) is 0 Å². The molecule has 2 heterocycles. The standard InChI is InChI=1S/C21H20N4O2/c26-18-8-6-17(7-9-18)24-11-13-25(14-12-24)21(27)10-5-16-15-22-19-3-1-2-4-20(19)23-16/h1-10,15,26H,11-14H2/b10-5+. The topological polar surface area (TPSA) is 69.6 Å². The Bertz CT molecular complexity index is 977. The third-order valence-corrected chi connectivity index (χ3v) is 4.67. The van der Waals surface area contributed by atoms with Crippen LogP contribution in [0.3, 0.4) is 0 Å². The zero-order valence-electron chi connectivity index (χ0n) is 14.8. The van der Waals surface area contributed by atoms with E-state index in [4.69, 9.17) is 0 Å². The Kier molecular flexibility index (Phi) is 4.70. The number of benzene rings is 2. The molecule has 1 aliphatic rings. The lowest BCUT2D eigenvalue weighted by Crippen LogP contribution is -2.48. The normalized spacial score (nSPS) is 14.8. The van der Waals surface area contributed by atoms with Crippen molar-refractivity contribution in [2.45, 2.75) is 0 Å². The molecule has 0 aliphatic carbocycles. The molecule has 1 saturated heterocycles. The van der Waals surface area contributed by atoms with Gasteiger partial charge in [-0.1, -0.05) is 12.1 Å². The van der Waals surface area contributed by atoms with Crippen molar-refractivity contribution in [1.82, 2.24) is 14.9 Å². The van der Waals surface area contributed by atoms with Crippen molar-refractivity contribution in [2.24, 2.45) is 0 Å². The van der Waals surface area contributed by atoms with Gasteiger partial charge in [-0.15, -0.1) is 0 Å². The van der Waals surface area contributed by atoms with E-state index in [0.29, 0.717) is 18.8 Å². The molecule has 4 rings (SSSR count). The van der Waals surface area contributed by atoms with Crippen LogP contribution in [0.5, 0.6) is 5.75 Å². The molecule has 136 valence electrons. The number of nitrogens with zero attached hydrogens (tertiary/aromatic N) is 4. The third kappa shape index (κ3) is 3.89. The lowest BCUT2D eigenvalue weighted by atomic mass is 10.2. The maximum atomic E-state index is 12.5. The number of anilines is 1. The van der Waals surface area contributed by atoms with Crippen molar-refractivity contribution in [3.63, 3.8) is 0 Å². The first-order valence-electron chi connectivity index (χ1n) is 8.92. The lowest BCUT2D eigenvalue weighted by molar-refractivity contribution is -0.126. The highest BCUT2D eigenvalue weighted by Gasteiger charge is 2.19. The Morgan fingerprint density at radius 2 is 1.67 bits per heavy atom. The summed E-state index contributed by atoms with van der Waals surface area (Å²) in [7, 11) is 0. The van der Waals surface area contributed by atoms with Crippen LogP contribution in [-0.2, 0) is 4.79 Å². The molecule has 0 radical (unpaired) electrons. The van der Waals surface area contributed by atoms with Crippen molar-refractivity contribution in [2.75, 3.05) is 31.1 Å². The van der Waals surface area contributed by atoms with E-state index in [-0.39, 0.29) is 11.7 Å². The third-order valence-electron chi connectivity index (χ3n) is 4.67. The van der Waals surface area contributed by atoms with Gasteiger partial charge < -0.3 is 14.9 Å². The number of carbonyl (C=O) groups is 1. The molecule has 0 spiro atoms. The minimum atomic E-state index is -0.0182. The van der Waals surface area contributed by atoms with Gasteiger partial charge in [-0.3, -0.25) is 9.78 Å². The summed E-state index contributed by atoms with van der Waals surface area (Å²) in [6.07, 6.45) is 4.96. The molecule has 1 aromatic heterocycles. The Hall–Kier alpha value is -3.41. The average molecular weight is 360 g/mol. The molecular weight excluding hydrogens is 340 g/mol. The monoisotopic (exact) mass is 360 g/mol. The molecule has 1 aliphatic heterocycles. The van der Waals surface area contributed by atoms with Crippen LogP contribution in [0.4, 0.5) is 5.69 Å². The van der Waals surface area contributed by atoms with Gasteiger partial charge in [0.1, 0.15) is 5.75 Å². The van der Waals surface area contributed by atoms with Gasteiger partial charge >= 0.3 is 0 Å². The number of amides is 1. The van der Waals surface area contributed by atoms with Crippen LogP contribution < -0.4 is 4.90 Å². The van der Waals surface area contributed by atoms with Crippen LogP contribution in [0.1, 0.15) is 5.69 Å². The zero-order chi connectivity index (χ0) is 18.6. The molecule has 0 bridgehead atoms. The number of hydrogen-bond donors (Lipinski definition) is 1. The summed E-state index contributed by atoms with van der Waals surface area (Å²) in [5, 5.41) is 9.39. The number of piperazine rings is 1. The summed E-state index contributed by atoms with van der Waals surface area (Å²) >= 11 is 0. The van der Waals surface area contributed by atoms with E-state index in [2.05, 4.69) is 14.9 Å². The van der Waals surface area contributed by atoms with E-state index in [1.807, 2.05) is 41.3 Å². The van der Waals surface area contributed by atoms with Crippen LogP contribution in [0.15, 0.2) is 60.8 Å². The predicted molar refractivity (Wildman–Crippen MR) is 105 cm³/mol. The number of phenolic OH excluding ortho intramolecular Hbond substituents is 1. The summed E-state index contributed by atoms with van der Waals surface area (Å²) in [6, 6.07) is 14.8. The molecule has 0 saturated carbocycles. The second-order valence-corrected chi connectivity index (χ2v) is 6.45. The second kappa shape index (κ2) is 7.45. The number of fused-ring (bicyclic) bond motifs is 1. The number of hydrogen-bond acceptors (Lipinski definition) is 5. The largest absolute Gasteiger partial charge is 0.508 e. The van der Waals surface area contributed by atoms with E-state index >= 15 is 0 Å². The quantitative estimate of drug-likeness (QED) is 0.727. The van der Waals surface area contributed by atoms with Crippen LogP contribution in [0.2, 0.25) is 0 Å². The van der Waals surface area contributed by atoms with Crippen molar-refractivity contribution in [3.8, 4) is 5.75 Å². The highest BCUT2D eigenvalue weighted by molar-refractivity contribution is 5.92. The maximum Gasteiger partial charge on any atom is 0.246 e. The minimum absolute atomic E-state index is 0.0182. The summed E-state index contributed by atoms with van der Waals surface area (Å²) in [5.74, 6) is 0.241. The Labute approximate surface area is 157 Å². The van der Waals surface area contributed by atoms with Crippen LogP contribution in [0.25, 0.3) is 17.1 Å². The first-order valence-corrected chi connectivity index (χ1v) is 8.92. The maximum absolute atomic E-state index is 12.5. The Balaban J connectivity index is 1.37. The summed E-state index contributed by atoms with van der Waals surface area (Å²) in [4.78, 5) is 25.4. The molecular formula is C21H20N4O2. The summed E-state index contributed by atoms with van der Waals surface area (Å²) < 4.78 is 0. The van der Waals surface area contributed by atoms with Crippen molar-refractivity contribution < 1.29 is 9.90 Å². The van der Waals surface area contributed by atoms with Gasteiger partial charge in [0.2, 0.25) is 5.91 Å². The molecule has 6 heteroatoms. The van der Waals surface area contributed by atoms with Crippen molar-refractivity contribution >= 4 is 28.7 Å². The van der Waals surface area contributed by atoms with E-state index in [1.165, 1.54) is 0 Å². The van der Waals surface area contributed by atoms with Gasteiger partial charge in [-0.05, 0) is 42.5 Å². The molecule has 27 heavy (non-hydrogen) atoms. The van der Waals surface area contributed by atoms with Gasteiger partial charge in [0, 0.05) is 37.9 Å². The zero-order valence-corrected chi connectivity index (χ0v) is 14.8. The average Bonchev–Trinajstić information content (AvgIpc) is 2.72. The van der Waals surface area contributed by atoms with Gasteiger partial charge in [0.05, 0.1) is 22.9 Å². The number of rotatable bonds is 3. The van der Waals surface area contributed by atoms with Gasteiger partial charge in [0.25, 0.3) is 0 Å². The fourth-order valence-electron chi connectivity index (χ4n) is 3.16. The van der Waals surface area contributed by atoms with E-state index in [0.717, 1.165) is 29.8 Å². The predicted octanol–water partition coefficient (Wildman–Crippen LogP) is 2.70. The first-order chi connectivity index (χ1) is 13.2. The number of aromatic nitrogens is 2. The number of aromatic hydroxyl groups is 1. The smallest absolute Gasteiger partial charge is 0.246 e. The molecule has 1 amide bonds. The highest BCUT2D eigenvalue weighted by Crippen LogP contribution is 2.20. The Morgan fingerprint density at radius 1 is 0.963 bits per heavy atom. The number of carbonyl (C=O) groups excluding carboxylic acids is 1. The fraction of sp³-hybridized carbons (Fsp3) is 0.190. The van der Waals surface area contributed by atoms with Crippen LogP contribution >= 0.6 is 0 Å². The van der Waals surface area contributed by atoms with E-state index in [9.17, 15) is 9.90 Å². The van der Waals surface area contributed by atoms with Gasteiger partial charge in [-0.2, -0.15) is 0 Å². The Morgan fingerprint density at radius 3 is 2.41 bits per heavy atom. The molecule has 0 atom stereocenters. The second-order valence-electron chi connectivity index (χ2n) is 6.45. The van der Waals surface area contributed by atoms with Crippen LogP contribution in [0, 0.1) is 0 Å². The van der Waals surface area contributed by atoms with E-state index < -0.39 is 0 Å². The van der Waals surface area contributed by atoms with Crippen molar-refractivity contribution in [3.05, 3.63) is 66.5 Å². The number of phenols is 1. The fourth-order valence-corrected chi connectivity index (χ4v) is 3.16. The molecule has 0 unspecified atom stereocenters. The molecule has 1 N–H and O–H groups in total. The number of para-hydroxylation sites is 2. The molecule has 2 aromatic carbocycles. The highest BCUT2D eigenvalue weighted by atomic mass is 16.3. The summed E-state index contributed by atoms with van der Waals surface area (Å²) in [6.45, 7) is 2.85. The summed E-state index contributed by atoms with van der Waals surface area (Å²) in [5.41, 5.74) is 3.38. The molecule has 1 fully saturated rings. The first kappa shape index (κ1) is 17.0. The minimum Gasteiger partial charge on any atom is -0.508 e.